The number of hydrogen-bond donors (Lipinski definition) is 1. The number of nitrogens with zero attached hydrogens (tertiary/aromatic N) is 1. The van der Waals surface area contributed by atoms with E-state index in [-0.39, 0.29) is 17.9 Å². The maximum absolute atomic E-state index is 12.8. The highest BCUT2D eigenvalue weighted by atomic mass is 19.1. The molecule has 1 aromatic rings. The number of urea groups is 1. The van der Waals surface area contributed by atoms with Gasteiger partial charge in [0.25, 0.3) is 0 Å². The van der Waals surface area contributed by atoms with Crippen LogP contribution in [0, 0.1) is 11.7 Å². The Kier molecular flexibility index (Phi) is 5.03. The maximum Gasteiger partial charge on any atom is 0.317 e. The molecule has 0 radical (unpaired) electrons. The molecule has 1 aliphatic heterocycles. The first-order valence-corrected chi connectivity index (χ1v) is 8.59. The minimum absolute atomic E-state index is 0.0228. The Bertz CT molecular complexity index is 534. The number of likely N-dealkylation sites (tertiary alicyclic amines) is 1. The van der Waals surface area contributed by atoms with Crippen molar-refractivity contribution in [3.05, 3.63) is 30.1 Å². The minimum Gasteiger partial charge on any atom is -0.491 e. The summed E-state index contributed by atoms with van der Waals surface area (Å²) in [6.45, 7) is 3.17. The van der Waals surface area contributed by atoms with Gasteiger partial charge in [0.15, 0.2) is 0 Å². The van der Waals surface area contributed by atoms with Crippen LogP contribution in [0.2, 0.25) is 0 Å². The molecule has 5 heteroatoms. The van der Waals surface area contributed by atoms with E-state index in [0.717, 1.165) is 19.4 Å². The van der Waals surface area contributed by atoms with Crippen molar-refractivity contribution in [3.8, 4) is 5.75 Å². The zero-order chi connectivity index (χ0) is 16.2. The molecular formula is C18H25FN2O2. The molecule has 2 aliphatic rings. The Morgan fingerprint density at radius 1 is 1.30 bits per heavy atom. The summed E-state index contributed by atoms with van der Waals surface area (Å²) >= 11 is 0. The van der Waals surface area contributed by atoms with Gasteiger partial charge in [0.05, 0.1) is 6.04 Å². The van der Waals surface area contributed by atoms with Crippen LogP contribution in [0.15, 0.2) is 24.3 Å². The normalized spacial score (nSPS) is 24.9. The molecule has 1 aliphatic carbocycles. The molecule has 2 amide bonds. The SMILES string of the molecule is CC(COc1ccc(F)cc1)NC(=O)N1CCC2CCCCC21. The predicted molar refractivity (Wildman–Crippen MR) is 87.0 cm³/mol. The maximum atomic E-state index is 12.8. The van der Waals surface area contributed by atoms with Crippen molar-refractivity contribution >= 4 is 6.03 Å². The molecule has 23 heavy (non-hydrogen) atoms. The van der Waals surface area contributed by atoms with E-state index in [2.05, 4.69) is 5.32 Å². The molecule has 0 spiro atoms. The summed E-state index contributed by atoms with van der Waals surface area (Å²) in [6, 6.07) is 6.28. The summed E-state index contributed by atoms with van der Waals surface area (Å²) in [7, 11) is 0. The zero-order valence-electron chi connectivity index (χ0n) is 13.6. The fourth-order valence-corrected chi connectivity index (χ4v) is 3.75. The van der Waals surface area contributed by atoms with E-state index in [1.165, 1.54) is 31.4 Å². The van der Waals surface area contributed by atoms with Crippen LogP contribution in [0.1, 0.15) is 39.0 Å². The van der Waals surface area contributed by atoms with Crippen molar-refractivity contribution < 1.29 is 13.9 Å². The standard InChI is InChI=1S/C18H25FN2O2/c1-13(12-23-16-8-6-15(19)7-9-16)20-18(22)21-11-10-14-4-2-3-5-17(14)21/h6-9,13-14,17H,2-5,10-12H2,1H3,(H,20,22). The summed E-state index contributed by atoms with van der Waals surface area (Å²) in [4.78, 5) is 14.5. The van der Waals surface area contributed by atoms with Crippen LogP contribution in [-0.4, -0.2) is 36.2 Å². The van der Waals surface area contributed by atoms with E-state index >= 15 is 0 Å². The molecule has 1 saturated carbocycles. The van der Waals surface area contributed by atoms with Gasteiger partial charge in [0, 0.05) is 12.6 Å². The average molecular weight is 320 g/mol. The van der Waals surface area contributed by atoms with Crippen molar-refractivity contribution in [3.63, 3.8) is 0 Å². The smallest absolute Gasteiger partial charge is 0.317 e. The van der Waals surface area contributed by atoms with E-state index < -0.39 is 0 Å². The van der Waals surface area contributed by atoms with Gasteiger partial charge in [-0.2, -0.15) is 0 Å². The molecule has 2 fully saturated rings. The first-order valence-electron chi connectivity index (χ1n) is 8.59. The van der Waals surface area contributed by atoms with E-state index in [0.29, 0.717) is 24.3 Å². The van der Waals surface area contributed by atoms with Crippen LogP contribution in [0.5, 0.6) is 5.75 Å². The third-order valence-corrected chi connectivity index (χ3v) is 4.95. The molecule has 1 saturated heterocycles. The second-order valence-corrected chi connectivity index (χ2v) is 6.71. The minimum atomic E-state index is -0.283. The zero-order valence-corrected chi connectivity index (χ0v) is 13.6. The molecule has 0 bridgehead atoms. The van der Waals surface area contributed by atoms with Crippen molar-refractivity contribution in [2.75, 3.05) is 13.2 Å². The predicted octanol–water partition coefficient (Wildman–Crippen LogP) is 3.57. The summed E-state index contributed by atoms with van der Waals surface area (Å²) in [6.07, 6.45) is 6.07. The Hall–Kier alpha value is -1.78. The number of nitrogens with one attached hydrogen (secondary N) is 1. The fourth-order valence-electron chi connectivity index (χ4n) is 3.75. The Morgan fingerprint density at radius 2 is 2.04 bits per heavy atom. The van der Waals surface area contributed by atoms with Gasteiger partial charge >= 0.3 is 6.03 Å². The van der Waals surface area contributed by atoms with Gasteiger partial charge < -0.3 is 15.0 Å². The number of hydrogen-bond acceptors (Lipinski definition) is 2. The van der Waals surface area contributed by atoms with Gasteiger partial charge in [0.2, 0.25) is 0 Å². The molecule has 3 atom stereocenters. The lowest BCUT2D eigenvalue weighted by atomic mass is 9.85. The lowest BCUT2D eigenvalue weighted by molar-refractivity contribution is 0.162. The van der Waals surface area contributed by atoms with E-state index in [4.69, 9.17) is 4.74 Å². The molecule has 3 rings (SSSR count). The molecule has 3 unspecified atom stereocenters. The Morgan fingerprint density at radius 3 is 2.83 bits per heavy atom. The molecule has 0 aromatic heterocycles. The van der Waals surface area contributed by atoms with Crippen LogP contribution in [-0.2, 0) is 0 Å². The number of carbonyl (C=O) groups excluding carboxylic acids is 1. The van der Waals surface area contributed by atoms with Gasteiger partial charge in [-0.25, -0.2) is 9.18 Å². The largest absolute Gasteiger partial charge is 0.491 e. The first-order chi connectivity index (χ1) is 11.1. The van der Waals surface area contributed by atoms with Crippen molar-refractivity contribution in [1.29, 1.82) is 0 Å². The number of benzene rings is 1. The summed E-state index contributed by atoms with van der Waals surface area (Å²) < 4.78 is 18.4. The quantitative estimate of drug-likeness (QED) is 0.921. The van der Waals surface area contributed by atoms with Gasteiger partial charge in [-0.05, 0) is 56.4 Å². The van der Waals surface area contributed by atoms with Crippen molar-refractivity contribution in [1.82, 2.24) is 10.2 Å². The van der Waals surface area contributed by atoms with Crippen molar-refractivity contribution in [2.45, 2.75) is 51.1 Å². The Balaban J connectivity index is 1.46. The highest BCUT2D eigenvalue weighted by Crippen LogP contribution is 2.36. The molecule has 1 N–H and O–H groups in total. The number of amides is 2. The van der Waals surface area contributed by atoms with Crippen LogP contribution in [0.3, 0.4) is 0 Å². The molecule has 1 heterocycles. The number of halogens is 1. The number of fused-ring (bicyclic) bond motifs is 1. The molecule has 4 nitrogen and oxygen atoms in total. The van der Waals surface area contributed by atoms with Gasteiger partial charge in [-0.3, -0.25) is 0 Å². The lowest BCUT2D eigenvalue weighted by Crippen LogP contribution is -2.48. The van der Waals surface area contributed by atoms with Gasteiger partial charge in [-0.1, -0.05) is 12.8 Å². The van der Waals surface area contributed by atoms with Crippen LogP contribution in [0.4, 0.5) is 9.18 Å². The van der Waals surface area contributed by atoms with E-state index in [1.807, 2.05) is 11.8 Å². The van der Waals surface area contributed by atoms with Gasteiger partial charge in [-0.15, -0.1) is 0 Å². The summed E-state index contributed by atoms with van der Waals surface area (Å²) in [5.41, 5.74) is 0. The first kappa shape index (κ1) is 16.1. The highest BCUT2D eigenvalue weighted by Gasteiger charge is 2.38. The highest BCUT2D eigenvalue weighted by molar-refractivity contribution is 5.75. The van der Waals surface area contributed by atoms with E-state index in [9.17, 15) is 9.18 Å². The molecular weight excluding hydrogens is 295 g/mol. The number of rotatable bonds is 4. The third-order valence-electron chi connectivity index (χ3n) is 4.95. The number of ether oxygens (including phenoxy) is 1. The Labute approximate surface area is 137 Å². The molecule has 126 valence electrons. The molecule has 1 aromatic carbocycles. The fraction of sp³-hybridized carbons (Fsp3) is 0.611. The second kappa shape index (κ2) is 7.20. The monoisotopic (exact) mass is 320 g/mol. The summed E-state index contributed by atoms with van der Waals surface area (Å²) in [5, 5.41) is 3.02. The third kappa shape index (κ3) is 3.95. The lowest BCUT2D eigenvalue weighted by Gasteiger charge is -2.32. The topological polar surface area (TPSA) is 41.6 Å². The summed E-state index contributed by atoms with van der Waals surface area (Å²) in [5.74, 6) is 1.02. The van der Waals surface area contributed by atoms with Crippen LogP contribution >= 0.6 is 0 Å². The van der Waals surface area contributed by atoms with Crippen LogP contribution in [0.25, 0.3) is 0 Å². The van der Waals surface area contributed by atoms with E-state index in [1.54, 1.807) is 12.1 Å². The second-order valence-electron chi connectivity index (χ2n) is 6.71. The van der Waals surface area contributed by atoms with Crippen molar-refractivity contribution in [2.24, 2.45) is 5.92 Å². The van der Waals surface area contributed by atoms with Crippen LogP contribution < -0.4 is 10.1 Å². The number of carbonyl (C=O) groups is 1. The average Bonchev–Trinajstić information content (AvgIpc) is 2.98. The van der Waals surface area contributed by atoms with Gasteiger partial charge in [0.1, 0.15) is 18.2 Å².